The Hall–Kier alpha value is -1.66. The van der Waals surface area contributed by atoms with Gasteiger partial charge in [-0.1, -0.05) is 30.3 Å². The summed E-state index contributed by atoms with van der Waals surface area (Å²) in [7, 11) is 1.66. The second-order valence-electron chi connectivity index (χ2n) is 5.87. The maximum Gasteiger partial charge on any atom is 0.264 e. The Bertz CT molecular complexity index is 700. The summed E-state index contributed by atoms with van der Waals surface area (Å²) in [6.07, 6.45) is 0. The first-order chi connectivity index (χ1) is 11.4. The van der Waals surface area contributed by atoms with E-state index in [1.807, 2.05) is 50.2 Å². The summed E-state index contributed by atoms with van der Waals surface area (Å²) < 4.78 is 0.901. The lowest BCUT2D eigenvalue weighted by molar-refractivity contribution is -0.134. The highest BCUT2D eigenvalue weighted by Crippen LogP contribution is 2.23. The number of carbonyl (C=O) groups excluding carboxylic acids is 2. The molecule has 0 saturated heterocycles. The summed E-state index contributed by atoms with van der Waals surface area (Å²) in [5.41, 5.74) is 1.08. The Labute approximate surface area is 155 Å². The number of hydrogen-bond acceptors (Lipinski definition) is 3. The highest BCUT2D eigenvalue weighted by molar-refractivity contribution is 9.11. The van der Waals surface area contributed by atoms with Crippen LogP contribution >= 0.6 is 27.3 Å². The smallest absolute Gasteiger partial charge is 0.264 e. The van der Waals surface area contributed by atoms with E-state index in [-0.39, 0.29) is 24.4 Å². The fraction of sp³-hybridized carbons (Fsp3) is 0.333. The van der Waals surface area contributed by atoms with Crippen LogP contribution in [0.15, 0.2) is 46.3 Å². The van der Waals surface area contributed by atoms with Gasteiger partial charge in [-0.2, -0.15) is 0 Å². The van der Waals surface area contributed by atoms with Crippen LogP contribution in [-0.4, -0.2) is 41.2 Å². The van der Waals surface area contributed by atoms with Crippen molar-refractivity contribution in [3.63, 3.8) is 0 Å². The average Bonchev–Trinajstić information content (AvgIpc) is 2.98. The highest BCUT2D eigenvalue weighted by atomic mass is 79.9. The van der Waals surface area contributed by atoms with Crippen molar-refractivity contribution in [3.8, 4) is 0 Å². The molecular weight excluding hydrogens is 388 g/mol. The van der Waals surface area contributed by atoms with E-state index in [4.69, 9.17) is 0 Å². The molecule has 0 atom stereocenters. The van der Waals surface area contributed by atoms with E-state index in [9.17, 15) is 9.59 Å². The van der Waals surface area contributed by atoms with Crippen LogP contribution in [0.2, 0.25) is 0 Å². The number of likely N-dealkylation sites (N-methyl/N-ethyl adjacent to an activating group) is 1. The van der Waals surface area contributed by atoms with Gasteiger partial charge < -0.3 is 9.80 Å². The highest BCUT2D eigenvalue weighted by Gasteiger charge is 2.22. The fourth-order valence-corrected chi connectivity index (χ4v) is 3.70. The molecule has 2 aromatic rings. The zero-order valence-corrected chi connectivity index (χ0v) is 16.4. The lowest BCUT2D eigenvalue weighted by Gasteiger charge is -2.29. The van der Waals surface area contributed by atoms with Gasteiger partial charge in [0.2, 0.25) is 5.91 Å². The number of nitrogens with zero attached hydrogens (tertiary/aromatic N) is 2. The largest absolute Gasteiger partial charge is 0.334 e. The number of halogens is 1. The molecule has 1 heterocycles. The van der Waals surface area contributed by atoms with Crippen molar-refractivity contribution < 1.29 is 9.59 Å². The van der Waals surface area contributed by atoms with Crippen LogP contribution in [0.4, 0.5) is 0 Å². The maximum absolute atomic E-state index is 12.7. The van der Waals surface area contributed by atoms with E-state index < -0.39 is 0 Å². The molecule has 0 aliphatic carbocycles. The van der Waals surface area contributed by atoms with Crippen molar-refractivity contribution in [2.45, 2.75) is 26.4 Å². The zero-order valence-electron chi connectivity index (χ0n) is 14.0. The molecule has 2 amide bonds. The first kappa shape index (κ1) is 18.7. The second kappa shape index (κ2) is 8.44. The van der Waals surface area contributed by atoms with E-state index in [1.54, 1.807) is 18.0 Å². The molecule has 0 fully saturated rings. The molecular formula is C18H21BrN2O2S. The van der Waals surface area contributed by atoms with Crippen LogP contribution in [0.25, 0.3) is 0 Å². The predicted molar refractivity (Wildman–Crippen MR) is 101 cm³/mol. The van der Waals surface area contributed by atoms with Crippen LogP contribution in [0, 0.1) is 0 Å². The third kappa shape index (κ3) is 4.92. The van der Waals surface area contributed by atoms with Gasteiger partial charge in [-0.05, 0) is 47.5 Å². The number of hydrogen-bond donors (Lipinski definition) is 0. The Morgan fingerprint density at radius 3 is 2.33 bits per heavy atom. The third-order valence-corrected chi connectivity index (χ3v) is 5.25. The van der Waals surface area contributed by atoms with Crippen LogP contribution < -0.4 is 0 Å². The summed E-state index contributed by atoms with van der Waals surface area (Å²) in [5.74, 6) is -0.192. The number of carbonyl (C=O) groups is 2. The molecule has 1 aromatic carbocycles. The van der Waals surface area contributed by atoms with Gasteiger partial charge in [0.1, 0.15) is 0 Å². The number of benzene rings is 1. The van der Waals surface area contributed by atoms with Gasteiger partial charge in [0, 0.05) is 19.6 Å². The molecule has 0 radical (unpaired) electrons. The normalized spacial score (nSPS) is 10.7. The quantitative estimate of drug-likeness (QED) is 0.723. The van der Waals surface area contributed by atoms with Gasteiger partial charge in [-0.15, -0.1) is 11.3 Å². The summed E-state index contributed by atoms with van der Waals surface area (Å²) in [5, 5.41) is 0. The van der Waals surface area contributed by atoms with E-state index in [2.05, 4.69) is 15.9 Å². The SMILES string of the molecule is CC(C)N(Cc1ccccc1)C(=O)CN(C)C(=O)c1ccc(Br)s1. The van der Waals surface area contributed by atoms with E-state index in [0.29, 0.717) is 11.4 Å². The van der Waals surface area contributed by atoms with E-state index in [0.717, 1.165) is 9.35 Å². The monoisotopic (exact) mass is 408 g/mol. The van der Waals surface area contributed by atoms with Crippen molar-refractivity contribution in [1.82, 2.24) is 9.80 Å². The molecule has 0 aliphatic heterocycles. The summed E-state index contributed by atoms with van der Waals surface area (Å²) in [4.78, 5) is 28.9. The molecule has 0 aliphatic rings. The lowest BCUT2D eigenvalue weighted by Crippen LogP contribution is -2.43. The molecule has 6 heteroatoms. The molecule has 24 heavy (non-hydrogen) atoms. The minimum atomic E-state index is -0.137. The van der Waals surface area contributed by atoms with Crippen molar-refractivity contribution in [3.05, 3.63) is 56.7 Å². The van der Waals surface area contributed by atoms with Crippen LogP contribution in [0.5, 0.6) is 0 Å². The molecule has 128 valence electrons. The lowest BCUT2D eigenvalue weighted by atomic mass is 10.2. The van der Waals surface area contributed by atoms with Crippen molar-refractivity contribution in [1.29, 1.82) is 0 Å². The Balaban J connectivity index is 2.03. The van der Waals surface area contributed by atoms with E-state index in [1.165, 1.54) is 16.2 Å². The third-order valence-electron chi connectivity index (χ3n) is 3.64. The van der Waals surface area contributed by atoms with Gasteiger partial charge in [0.25, 0.3) is 5.91 Å². The van der Waals surface area contributed by atoms with E-state index >= 15 is 0 Å². The molecule has 0 spiro atoms. The molecule has 0 bridgehead atoms. The van der Waals surface area contributed by atoms with Gasteiger partial charge in [0.05, 0.1) is 15.2 Å². The second-order valence-corrected chi connectivity index (χ2v) is 8.33. The van der Waals surface area contributed by atoms with Crippen molar-refractivity contribution in [2.75, 3.05) is 13.6 Å². The summed E-state index contributed by atoms with van der Waals surface area (Å²) in [6.45, 7) is 4.58. The van der Waals surface area contributed by atoms with Gasteiger partial charge in [-0.25, -0.2) is 0 Å². The number of amides is 2. The minimum Gasteiger partial charge on any atom is -0.334 e. The Morgan fingerprint density at radius 2 is 1.79 bits per heavy atom. The molecule has 0 N–H and O–H groups in total. The number of rotatable bonds is 6. The molecule has 4 nitrogen and oxygen atoms in total. The molecule has 0 saturated carbocycles. The first-order valence-electron chi connectivity index (χ1n) is 7.72. The Kier molecular flexibility index (Phi) is 6.57. The number of thiophene rings is 1. The van der Waals surface area contributed by atoms with Gasteiger partial charge >= 0.3 is 0 Å². The van der Waals surface area contributed by atoms with Crippen molar-refractivity contribution >= 4 is 39.1 Å². The van der Waals surface area contributed by atoms with Crippen LogP contribution in [-0.2, 0) is 11.3 Å². The standard InChI is InChI=1S/C18H21BrN2O2S/c1-13(2)21(11-14-7-5-4-6-8-14)17(22)12-20(3)18(23)15-9-10-16(19)24-15/h4-10,13H,11-12H2,1-3H3. The van der Waals surface area contributed by atoms with Gasteiger partial charge in [0.15, 0.2) is 0 Å². The topological polar surface area (TPSA) is 40.6 Å². The van der Waals surface area contributed by atoms with Crippen LogP contribution in [0.1, 0.15) is 29.1 Å². The fourth-order valence-electron chi connectivity index (χ4n) is 2.32. The summed E-state index contributed by atoms with van der Waals surface area (Å²) in [6, 6.07) is 13.5. The molecule has 1 aromatic heterocycles. The first-order valence-corrected chi connectivity index (χ1v) is 9.33. The van der Waals surface area contributed by atoms with Gasteiger partial charge in [-0.3, -0.25) is 9.59 Å². The van der Waals surface area contributed by atoms with Crippen LogP contribution in [0.3, 0.4) is 0 Å². The molecule has 0 unspecified atom stereocenters. The van der Waals surface area contributed by atoms with Crippen molar-refractivity contribution in [2.24, 2.45) is 0 Å². The summed E-state index contributed by atoms with van der Waals surface area (Å²) >= 11 is 4.72. The Morgan fingerprint density at radius 1 is 1.12 bits per heavy atom. The predicted octanol–water partition coefficient (Wildman–Crippen LogP) is 4.02. The maximum atomic E-state index is 12.7. The minimum absolute atomic E-state index is 0.0553. The zero-order chi connectivity index (χ0) is 17.7. The molecule has 2 rings (SSSR count). The average molecular weight is 409 g/mol.